The molecule has 0 atom stereocenters. The van der Waals surface area contributed by atoms with E-state index in [9.17, 15) is 14.4 Å². The first kappa shape index (κ1) is 10.2. The van der Waals surface area contributed by atoms with Crippen molar-refractivity contribution in [1.82, 2.24) is 0 Å². The van der Waals surface area contributed by atoms with Crippen molar-refractivity contribution in [2.45, 2.75) is 6.42 Å². The largest absolute Gasteiger partial charge is 0.478 e. The van der Waals surface area contributed by atoms with Crippen LogP contribution in [0.4, 0.5) is 5.69 Å². The number of fused-ring (bicyclic) bond motifs is 1. The topological polar surface area (TPSA) is 92.7 Å². The maximum Gasteiger partial charge on any atom is 0.335 e. The lowest BCUT2D eigenvalue weighted by Crippen LogP contribution is -2.14. The van der Waals surface area contributed by atoms with Gasteiger partial charge in [-0.3, -0.25) is 9.59 Å². The van der Waals surface area contributed by atoms with Gasteiger partial charge >= 0.3 is 11.9 Å². The second kappa shape index (κ2) is 3.65. The van der Waals surface area contributed by atoms with Crippen LogP contribution in [0.15, 0.2) is 18.2 Å². The number of rotatable bonds is 1. The van der Waals surface area contributed by atoms with Crippen molar-refractivity contribution in [3.05, 3.63) is 23.8 Å². The van der Waals surface area contributed by atoms with E-state index in [4.69, 9.17) is 9.84 Å². The van der Waals surface area contributed by atoms with Crippen molar-refractivity contribution in [2.24, 2.45) is 0 Å². The highest BCUT2D eigenvalue weighted by Crippen LogP contribution is 2.28. The van der Waals surface area contributed by atoms with Crippen molar-refractivity contribution in [2.75, 3.05) is 5.32 Å². The van der Waals surface area contributed by atoms with Crippen LogP contribution in [0.5, 0.6) is 5.75 Å². The maximum atomic E-state index is 11.2. The van der Waals surface area contributed by atoms with E-state index in [-0.39, 0.29) is 23.4 Å². The summed E-state index contributed by atoms with van der Waals surface area (Å²) in [5, 5.41) is 11.2. The number of carboxylic acid groups (broad SMARTS) is 1. The summed E-state index contributed by atoms with van der Waals surface area (Å²) in [5.74, 6) is -2.15. The third-order valence-corrected chi connectivity index (χ3v) is 2.03. The molecule has 0 aromatic heterocycles. The average molecular weight is 221 g/mol. The van der Waals surface area contributed by atoms with Crippen molar-refractivity contribution in [3.8, 4) is 5.75 Å². The van der Waals surface area contributed by atoms with Crippen LogP contribution in [0.1, 0.15) is 16.8 Å². The zero-order valence-corrected chi connectivity index (χ0v) is 8.02. The summed E-state index contributed by atoms with van der Waals surface area (Å²) in [7, 11) is 0. The van der Waals surface area contributed by atoms with Crippen LogP contribution in [0.3, 0.4) is 0 Å². The molecule has 0 fully saturated rings. The minimum absolute atomic E-state index is 0.0111. The van der Waals surface area contributed by atoms with Crippen LogP contribution in [0, 0.1) is 0 Å². The van der Waals surface area contributed by atoms with Gasteiger partial charge in [-0.2, -0.15) is 0 Å². The molecule has 0 bridgehead atoms. The Bertz CT molecular complexity index is 494. The zero-order chi connectivity index (χ0) is 11.7. The number of anilines is 1. The Hall–Kier alpha value is -2.37. The van der Waals surface area contributed by atoms with Crippen molar-refractivity contribution < 1.29 is 24.2 Å². The lowest BCUT2D eigenvalue weighted by molar-refractivity contribution is -0.136. The second-order valence-electron chi connectivity index (χ2n) is 3.22. The molecule has 1 aliphatic heterocycles. The van der Waals surface area contributed by atoms with Crippen molar-refractivity contribution in [1.29, 1.82) is 0 Å². The molecule has 0 radical (unpaired) electrons. The Morgan fingerprint density at radius 2 is 2.12 bits per heavy atom. The van der Waals surface area contributed by atoms with E-state index in [1.54, 1.807) is 0 Å². The molecule has 1 amide bonds. The minimum Gasteiger partial charge on any atom is -0.478 e. The first-order valence-corrected chi connectivity index (χ1v) is 4.44. The first-order chi connectivity index (χ1) is 7.56. The number of carbonyl (C=O) groups excluding carboxylic acids is 2. The number of nitrogens with one attached hydrogen (secondary N) is 1. The Balaban J connectivity index is 2.46. The molecule has 1 aromatic rings. The highest BCUT2D eigenvalue weighted by molar-refractivity contribution is 6.06. The van der Waals surface area contributed by atoms with E-state index >= 15 is 0 Å². The summed E-state index contributed by atoms with van der Waals surface area (Å²) in [5.41, 5.74) is 0.202. The fourth-order valence-electron chi connectivity index (χ4n) is 1.33. The quantitative estimate of drug-likeness (QED) is 0.412. The highest BCUT2D eigenvalue weighted by Gasteiger charge is 2.21. The number of benzene rings is 1. The number of esters is 1. The monoisotopic (exact) mass is 221 g/mol. The van der Waals surface area contributed by atoms with Gasteiger partial charge in [-0.15, -0.1) is 0 Å². The van der Waals surface area contributed by atoms with Crippen LogP contribution in [0.2, 0.25) is 0 Å². The van der Waals surface area contributed by atoms with E-state index in [1.165, 1.54) is 18.2 Å². The Labute approximate surface area is 89.8 Å². The summed E-state index contributed by atoms with van der Waals surface area (Å²) in [6, 6.07) is 3.88. The molecule has 6 heteroatoms. The summed E-state index contributed by atoms with van der Waals surface area (Å²) >= 11 is 0. The number of carboxylic acids is 1. The van der Waals surface area contributed by atoms with Crippen LogP contribution < -0.4 is 10.1 Å². The van der Waals surface area contributed by atoms with Gasteiger partial charge in [0.25, 0.3) is 0 Å². The molecular formula is C10H7NO5. The molecule has 1 aliphatic rings. The Kier molecular flexibility index (Phi) is 2.32. The molecule has 1 aromatic carbocycles. The van der Waals surface area contributed by atoms with Gasteiger partial charge in [0.1, 0.15) is 6.42 Å². The van der Waals surface area contributed by atoms with Gasteiger partial charge in [0, 0.05) is 0 Å². The fraction of sp³-hybridized carbons (Fsp3) is 0.100. The number of hydrogen-bond donors (Lipinski definition) is 2. The summed E-state index contributed by atoms with van der Waals surface area (Å²) < 4.78 is 4.85. The predicted octanol–water partition coefficient (Wildman–Crippen LogP) is 0.632. The van der Waals surface area contributed by atoms with Gasteiger partial charge in [0.05, 0.1) is 11.3 Å². The van der Waals surface area contributed by atoms with Crippen LogP contribution in [0.25, 0.3) is 0 Å². The molecule has 2 N–H and O–H groups in total. The van der Waals surface area contributed by atoms with Crippen LogP contribution in [-0.2, 0) is 9.59 Å². The SMILES string of the molecule is O=C1CC(=O)Oc2ccc(C(=O)O)cc2N1. The summed E-state index contributed by atoms with van der Waals surface area (Å²) in [6.07, 6.45) is -0.378. The normalized spacial score (nSPS) is 14.5. The van der Waals surface area contributed by atoms with E-state index in [0.29, 0.717) is 0 Å². The zero-order valence-electron chi connectivity index (χ0n) is 8.02. The fourth-order valence-corrected chi connectivity index (χ4v) is 1.33. The van der Waals surface area contributed by atoms with Gasteiger partial charge in [-0.1, -0.05) is 0 Å². The number of amides is 1. The Morgan fingerprint density at radius 3 is 2.81 bits per heavy atom. The molecule has 0 unspecified atom stereocenters. The predicted molar refractivity (Wildman–Crippen MR) is 52.3 cm³/mol. The van der Waals surface area contributed by atoms with Crippen LogP contribution >= 0.6 is 0 Å². The Morgan fingerprint density at radius 1 is 1.38 bits per heavy atom. The molecular weight excluding hydrogens is 214 g/mol. The molecule has 1 heterocycles. The molecule has 0 spiro atoms. The highest BCUT2D eigenvalue weighted by atomic mass is 16.5. The third-order valence-electron chi connectivity index (χ3n) is 2.03. The smallest absolute Gasteiger partial charge is 0.335 e. The number of ether oxygens (including phenoxy) is 1. The molecule has 16 heavy (non-hydrogen) atoms. The van der Waals surface area contributed by atoms with E-state index in [0.717, 1.165) is 0 Å². The van der Waals surface area contributed by atoms with Crippen molar-refractivity contribution in [3.63, 3.8) is 0 Å². The lowest BCUT2D eigenvalue weighted by Gasteiger charge is -2.06. The molecule has 2 rings (SSSR count). The van der Waals surface area contributed by atoms with E-state index in [1.807, 2.05) is 0 Å². The molecule has 6 nitrogen and oxygen atoms in total. The molecule has 0 saturated carbocycles. The van der Waals surface area contributed by atoms with Gasteiger partial charge in [0.15, 0.2) is 5.75 Å². The summed E-state index contributed by atoms with van der Waals surface area (Å²) in [4.78, 5) is 33.0. The number of carbonyl (C=O) groups is 3. The minimum atomic E-state index is -1.12. The summed E-state index contributed by atoms with van der Waals surface area (Å²) in [6.45, 7) is 0. The number of aromatic carboxylic acids is 1. The maximum absolute atomic E-state index is 11.2. The lowest BCUT2D eigenvalue weighted by atomic mass is 10.2. The molecule has 0 saturated heterocycles. The van der Waals surface area contributed by atoms with E-state index < -0.39 is 17.8 Å². The average Bonchev–Trinajstić information content (AvgIpc) is 2.32. The standard InChI is InChI=1S/C10H7NO5/c12-8-4-9(13)16-7-2-1-5(10(14)15)3-6(7)11-8/h1-3H,4H2,(H,11,12)(H,14,15). The second-order valence-corrected chi connectivity index (χ2v) is 3.22. The van der Waals surface area contributed by atoms with Gasteiger partial charge in [-0.05, 0) is 18.2 Å². The third kappa shape index (κ3) is 1.85. The molecule has 82 valence electrons. The number of hydrogen-bond acceptors (Lipinski definition) is 4. The van der Waals surface area contributed by atoms with Gasteiger partial charge in [-0.25, -0.2) is 4.79 Å². The molecule has 0 aliphatic carbocycles. The van der Waals surface area contributed by atoms with E-state index in [2.05, 4.69) is 5.32 Å². The van der Waals surface area contributed by atoms with Gasteiger partial charge < -0.3 is 15.2 Å². The first-order valence-electron chi connectivity index (χ1n) is 4.44. The van der Waals surface area contributed by atoms with Gasteiger partial charge in [0.2, 0.25) is 5.91 Å². The van der Waals surface area contributed by atoms with Crippen molar-refractivity contribution >= 4 is 23.5 Å². The van der Waals surface area contributed by atoms with Crippen LogP contribution in [-0.4, -0.2) is 23.0 Å².